The van der Waals surface area contributed by atoms with Crippen LogP contribution < -0.4 is 0 Å². The van der Waals surface area contributed by atoms with Gasteiger partial charge in [-0.3, -0.25) is 0 Å². The maximum Gasteiger partial charge on any atom is 0.128 e. The number of aromatic hydroxyl groups is 1. The SMILES string of the molecule is C=C/C(CC=O)=C1/C=C(c2ccc(O)cc2S(=O)N2CCC(OC)CC2)C=CN1C. The van der Waals surface area contributed by atoms with Gasteiger partial charge < -0.3 is 19.5 Å². The standard InChI is InChI=1S/C23H28N2O4S/c1-4-17(10-14-26)22-15-18(7-11-24(22)2)21-6-5-19(27)16-23(21)30(28)25-12-8-20(29-3)9-13-25/h4-7,11,14-16,20,27H,1,8-10,12-13H2,2-3H3/b22-17+. The molecule has 6 nitrogen and oxygen atoms in total. The van der Waals surface area contributed by atoms with E-state index in [9.17, 15) is 14.1 Å². The van der Waals surface area contributed by atoms with Gasteiger partial charge in [-0.15, -0.1) is 0 Å². The summed E-state index contributed by atoms with van der Waals surface area (Å²) in [7, 11) is 2.20. The van der Waals surface area contributed by atoms with Gasteiger partial charge in [0.25, 0.3) is 0 Å². The molecule has 1 saturated heterocycles. The lowest BCUT2D eigenvalue weighted by atomic mass is 9.99. The van der Waals surface area contributed by atoms with Gasteiger partial charge in [0.05, 0.1) is 11.0 Å². The molecule has 1 fully saturated rings. The van der Waals surface area contributed by atoms with Gasteiger partial charge in [0.15, 0.2) is 0 Å². The Labute approximate surface area is 180 Å². The van der Waals surface area contributed by atoms with E-state index >= 15 is 0 Å². The first kappa shape index (κ1) is 22.2. The molecule has 7 heteroatoms. The number of carbonyl (C=O) groups excluding carboxylic acids is 1. The average Bonchev–Trinajstić information content (AvgIpc) is 2.77. The van der Waals surface area contributed by atoms with Gasteiger partial charge in [-0.1, -0.05) is 12.7 Å². The molecule has 1 unspecified atom stereocenters. The maximum atomic E-state index is 13.4. The Kier molecular flexibility index (Phi) is 7.42. The van der Waals surface area contributed by atoms with Crippen LogP contribution in [-0.2, 0) is 20.5 Å². The van der Waals surface area contributed by atoms with Crippen molar-refractivity contribution in [1.29, 1.82) is 0 Å². The highest BCUT2D eigenvalue weighted by atomic mass is 32.2. The number of allylic oxidation sites excluding steroid dienone is 5. The average molecular weight is 429 g/mol. The minimum atomic E-state index is -1.41. The Morgan fingerprint density at radius 1 is 1.37 bits per heavy atom. The predicted octanol–water partition coefficient (Wildman–Crippen LogP) is 3.40. The predicted molar refractivity (Wildman–Crippen MR) is 119 cm³/mol. The van der Waals surface area contributed by atoms with Crippen LogP contribution in [-0.4, -0.2) is 58.2 Å². The fourth-order valence-corrected chi connectivity index (χ4v) is 5.12. The molecule has 0 aromatic heterocycles. The molecule has 3 rings (SSSR count). The number of benzene rings is 1. The molecular weight excluding hydrogens is 400 g/mol. The topological polar surface area (TPSA) is 70.1 Å². The molecule has 1 aromatic rings. The number of ether oxygens (including phenoxy) is 1. The zero-order valence-electron chi connectivity index (χ0n) is 17.4. The van der Waals surface area contributed by atoms with E-state index in [1.165, 1.54) is 0 Å². The van der Waals surface area contributed by atoms with Gasteiger partial charge in [-0.05, 0) is 59.9 Å². The summed E-state index contributed by atoms with van der Waals surface area (Å²) in [6, 6.07) is 4.96. The number of carbonyl (C=O) groups is 1. The largest absolute Gasteiger partial charge is 0.508 e. The van der Waals surface area contributed by atoms with E-state index in [4.69, 9.17) is 4.74 Å². The molecule has 0 radical (unpaired) electrons. The first-order valence-corrected chi connectivity index (χ1v) is 11.0. The molecular formula is C23H28N2O4S. The Hall–Kier alpha value is -2.48. The van der Waals surface area contributed by atoms with Crippen molar-refractivity contribution in [3.63, 3.8) is 0 Å². The molecule has 30 heavy (non-hydrogen) atoms. The molecule has 2 aliphatic heterocycles. The number of phenols is 1. The van der Waals surface area contributed by atoms with Crippen molar-refractivity contribution >= 4 is 22.8 Å². The smallest absolute Gasteiger partial charge is 0.128 e. The summed E-state index contributed by atoms with van der Waals surface area (Å²) in [6.07, 6.45) is 10.5. The van der Waals surface area contributed by atoms with Crippen LogP contribution in [0.1, 0.15) is 24.8 Å². The highest BCUT2D eigenvalue weighted by molar-refractivity contribution is 7.82. The van der Waals surface area contributed by atoms with Crippen molar-refractivity contribution in [2.24, 2.45) is 0 Å². The van der Waals surface area contributed by atoms with E-state index in [0.717, 1.165) is 41.5 Å². The third-order valence-corrected chi connectivity index (χ3v) is 7.01. The third kappa shape index (κ3) is 4.80. The highest BCUT2D eigenvalue weighted by Gasteiger charge is 2.26. The van der Waals surface area contributed by atoms with Gasteiger partial charge in [0, 0.05) is 45.6 Å². The van der Waals surface area contributed by atoms with Crippen LogP contribution in [0, 0.1) is 0 Å². The number of methoxy groups -OCH3 is 1. The molecule has 1 aromatic carbocycles. The van der Waals surface area contributed by atoms with Gasteiger partial charge >= 0.3 is 0 Å². The Balaban J connectivity index is 1.99. The van der Waals surface area contributed by atoms with Crippen molar-refractivity contribution in [1.82, 2.24) is 9.21 Å². The summed E-state index contributed by atoms with van der Waals surface area (Å²) >= 11 is 0. The molecule has 1 N–H and O–H groups in total. The molecule has 2 aliphatic rings. The lowest BCUT2D eigenvalue weighted by Gasteiger charge is -2.31. The fraction of sp³-hybridized carbons (Fsp3) is 0.348. The fourth-order valence-electron chi connectivity index (χ4n) is 3.71. The first-order chi connectivity index (χ1) is 14.5. The van der Waals surface area contributed by atoms with Gasteiger partial charge in [-0.25, -0.2) is 8.51 Å². The molecule has 0 amide bonds. The van der Waals surface area contributed by atoms with Crippen molar-refractivity contribution in [3.05, 3.63) is 66.0 Å². The summed E-state index contributed by atoms with van der Waals surface area (Å²) in [5, 5.41) is 10.1. The van der Waals surface area contributed by atoms with Crippen LogP contribution in [0.3, 0.4) is 0 Å². The Morgan fingerprint density at radius 2 is 2.10 bits per heavy atom. The van der Waals surface area contributed by atoms with Crippen molar-refractivity contribution in [2.45, 2.75) is 30.3 Å². The zero-order chi connectivity index (χ0) is 21.7. The van der Waals surface area contributed by atoms with E-state index in [2.05, 4.69) is 6.58 Å². The molecule has 0 aliphatic carbocycles. The second-order valence-electron chi connectivity index (χ2n) is 7.31. The Bertz CT molecular complexity index is 927. The number of nitrogens with zero attached hydrogens (tertiary/aromatic N) is 2. The summed E-state index contributed by atoms with van der Waals surface area (Å²) in [6.45, 7) is 5.16. The number of hydrogen-bond donors (Lipinski definition) is 1. The Morgan fingerprint density at radius 3 is 2.73 bits per heavy atom. The van der Waals surface area contributed by atoms with E-state index in [0.29, 0.717) is 18.0 Å². The normalized spacial score (nSPS) is 20.6. The van der Waals surface area contributed by atoms with E-state index in [1.54, 1.807) is 31.4 Å². The summed E-state index contributed by atoms with van der Waals surface area (Å²) < 4.78 is 20.7. The number of aldehydes is 1. The third-order valence-electron chi connectivity index (χ3n) is 5.46. The van der Waals surface area contributed by atoms with E-state index < -0.39 is 11.0 Å². The minimum absolute atomic E-state index is 0.0786. The van der Waals surface area contributed by atoms with Gasteiger partial charge in [0.2, 0.25) is 0 Å². The molecule has 0 spiro atoms. The van der Waals surface area contributed by atoms with E-state index in [1.807, 2.05) is 34.6 Å². The summed E-state index contributed by atoms with van der Waals surface area (Å²) in [4.78, 5) is 13.6. The molecule has 0 bridgehead atoms. The lowest BCUT2D eigenvalue weighted by Crippen LogP contribution is -2.38. The molecule has 2 heterocycles. The second-order valence-corrected chi connectivity index (χ2v) is 8.76. The summed E-state index contributed by atoms with van der Waals surface area (Å²) in [5.74, 6) is 0.0786. The molecule has 1 atom stereocenters. The van der Waals surface area contributed by atoms with Crippen LogP contribution in [0.15, 0.2) is 65.4 Å². The van der Waals surface area contributed by atoms with Gasteiger partial charge in [-0.2, -0.15) is 0 Å². The molecule has 160 valence electrons. The zero-order valence-corrected chi connectivity index (χ0v) is 18.2. The quantitative estimate of drug-likeness (QED) is 0.674. The van der Waals surface area contributed by atoms with Crippen molar-refractivity contribution in [2.75, 3.05) is 27.2 Å². The van der Waals surface area contributed by atoms with Gasteiger partial charge in [0.1, 0.15) is 23.0 Å². The second kappa shape index (κ2) is 10.0. The van der Waals surface area contributed by atoms with Crippen LogP contribution >= 0.6 is 0 Å². The number of piperidine rings is 1. The number of rotatable bonds is 7. The summed E-state index contributed by atoms with van der Waals surface area (Å²) in [5.41, 5.74) is 3.33. The van der Waals surface area contributed by atoms with Crippen LogP contribution in [0.4, 0.5) is 0 Å². The van der Waals surface area contributed by atoms with Crippen LogP contribution in [0.25, 0.3) is 5.57 Å². The number of hydrogen-bond acceptors (Lipinski definition) is 5. The highest BCUT2D eigenvalue weighted by Crippen LogP contribution is 2.33. The van der Waals surface area contributed by atoms with Crippen molar-refractivity contribution < 1.29 is 18.8 Å². The minimum Gasteiger partial charge on any atom is -0.508 e. The van der Waals surface area contributed by atoms with Crippen molar-refractivity contribution in [3.8, 4) is 5.75 Å². The lowest BCUT2D eigenvalue weighted by molar-refractivity contribution is -0.107. The van der Waals surface area contributed by atoms with Crippen LogP contribution in [0.2, 0.25) is 0 Å². The number of phenolic OH excluding ortho intramolecular Hbond substituents is 1. The van der Waals surface area contributed by atoms with E-state index in [-0.39, 0.29) is 18.3 Å². The maximum absolute atomic E-state index is 13.4. The van der Waals surface area contributed by atoms with Crippen LogP contribution in [0.5, 0.6) is 5.75 Å². The monoisotopic (exact) mass is 428 g/mol. The number of likely N-dealkylation sites (N-methyl/N-ethyl adjacent to an activating group) is 1. The first-order valence-electron chi connectivity index (χ1n) is 9.93. The molecule has 0 saturated carbocycles.